The lowest BCUT2D eigenvalue weighted by molar-refractivity contribution is -0.139. The second kappa shape index (κ2) is 7.09. The van der Waals surface area contributed by atoms with Crippen LogP contribution >= 0.6 is 0 Å². The number of phenolic OH excluding ortho intramolecular Hbond substituents is 1. The van der Waals surface area contributed by atoms with Gasteiger partial charge >= 0.3 is 5.97 Å². The normalized spacial score (nSPS) is 10.8. The van der Waals surface area contributed by atoms with E-state index < -0.39 is 5.97 Å². The molecule has 0 spiro atoms. The second-order valence-corrected chi connectivity index (χ2v) is 3.39. The van der Waals surface area contributed by atoms with Crippen molar-refractivity contribution in [2.75, 3.05) is 20.3 Å². The summed E-state index contributed by atoms with van der Waals surface area (Å²) < 4.78 is 9.56. The first kappa shape index (κ1) is 13.7. The highest BCUT2D eigenvalue weighted by Gasteiger charge is 2.10. The molecule has 0 unspecified atom stereocenters. The van der Waals surface area contributed by atoms with E-state index in [1.54, 1.807) is 18.2 Å². The van der Waals surface area contributed by atoms with Gasteiger partial charge in [-0.25, -0.2) is 4.79 Å². The van der Waals surface area contributed by atoms with Crippen LogP contribution in [0, 0.1) is 11.3 Å². The van der Waals surface area contributed by atoms with Crippen LogP contribution in [-0.2, 0) is 14.3 Å². The van der Waals surface area contributed by atoms with Crippen molar-refractivity contribution in [3.8, 4) is 11.8 Å². The highest BCUT2D eigenvalue weighted by atomic mass is 16.6. The van der Waals surface area contributed by atoms with Crippen LogP contribution in [0.1, 0.15) is 5.56 Å². The van der Waals surface area contributed by atoms with Gasteiger partial charge < -0.3 is 14.6 Å². The van der Waals surface area contributed by atoms with Gasteiger partial charge in [0.2, 0.25) is 0 Å². The zero-order chi connectivity index (χ0) is 13.4. The molecule has 5 heteroatoms. The maximum absolute atomic E-state index is 11.5. The first-order valence-electron chi connectivity index (χ1n) is 5.24. The molecule has 0 saturated heterocycles. The van der Waals surface area contributed by atoms with Gasteiger partial charge in [0.1, 0.15) is 24.0 Å². The third kappa shape index (κ3) is 4.28. The molecule has 0 saturated carbocycles. The molecular weight excluding hydrogens is 234 g/mol. The van der Waals surface area contributed by atoms with Gasteiger partial charge in [0, 0.05) is 7.11 Å². The van der Waals surface area contributed by atoms with Crippen LogP contribution < -0.4 is 0 Å². The standard InChI is InChI=1S/C13H13NO4/c1-17-6-7-18-13(16)11(9-14)8-10-2-4-12(15)5-3-10/h2-5,8,15H,6-7H2,1H3/b11-8+. The first-order chi connectivity index (χ1) is 8.67. The van der Waals surface area contributed by atoms with Gasteiger partial charge in [-0.2, -0.15) is 5.26 Å². The van der Waals surface area contributed by atoms with Crippen LogP contribution in [0.25, 0.3) is 6.08 Å². The minimum Gasteiger partial charge on any atom is -0.508 e. The molecule has 1 aromatic rings. The average molecular weight is 247 g/mol. The molecule has 0 radical (unpaired) electrons. The molecule has 0 aliphatic rings. The average Bonchev–Trinajstić information content (AvgIpc) is 2.38. The maximum atomic E-state index is 11.5. The Bertz CT molecular complexity index is 471. The Hall–Kier alpha value is -2.32. The molecule has 94 valence electrons. The number of rotatable bonds is 5. The van der Waals surface area contributed by atoms with E-state index in [0.717, 1.165) is 0 Å². The molecule has 0 fully saturated rings. The highest BCUT2D eigenvalue weighted by molar-refractivity contribution is 5.97. The Morgan fingerprint density at radius 2 is 2.06 bits per heavy atom. The van der Waals surface area contributed by atoms with Crippen molar-refractivity contribution in [1.29, 1.82) is 5.26 Å². The number of carbonyl (C=O) groups excluding carboxylic acids is 1. The molecule has 1 N–H and O–H groups in total. The van der Waals surface area contributed by atoms with Crippen LogP contribution in [0.15, 0.2) is 29.8 Å². The molecule has 1 rings (SSSR count). The van der Waals surface area contributed by atoms with Gasteiger partial charge in [-0.1, -0.05) is 12.1 Å². The molecule has 5 nitrogen and oxygen atoms in total. The largest absolute Gasteiger partial charge is 0.508 e. The number of carbonyl (C=O) groups is 1. The van der Waals surface area contributed by atoms with Crippen molar-refractivity contribution in [3.05, 3.63) is 35.4 Å². The number of ether oxygens (including phenoxy) is 2. The van der Waals surface area contributed by atoms with Gasteiger partial charge in [0.05, 0.1) is 6.61 Å². The summed E-state index contributed by atoms with van der Waals surface area (Å²) in [7, 11) is 1.49. The quantitative estimate of drug-likeness (QED) is 0.369. The second-order valence-electron chi connectivity index (χ2n) is 3.39. The van der Waals surface area contributed by atoms with E-state index >= 15 is 0 Å². The van der Waals surface area contributed by atoms with E-state index in [4.69, 9.17) is 19.8 Å². The molecule has 0 heterocycles. The molecule has 0 aliphatic carbocycles. The van der Waals surface area contributed by atoms with Gasteiger partial charge in [-0.05, 0) is 23.8 Å². The minimum absolute atomic E-state index is 0.100. The number of esters is 1. The summed E-state index contributed by atoms with van der Waals surface area (Å²) in [6, 6.07) is 7.90. The van der Waals surface area contributed by atoms with Gasteiger partial charge in [-0.3, -0.25) is 0 Å². The smallest absolute Gasteiger partial charge is 0.348 e. The van der Waals surface area contributed by atoms with Crippen LogP contribution in [0.4, 0.5) is 0 Å². The lowest BCUT2D eigenvalue weighted by Gasteiger charge is -2.02. The molecule has 18 heavy (non-hydrogen) atoms. The summed E-state index contributed by atoms with van der Waals surface area (Å²) in [6.07, 6.45) is 1.40. The first-order valence-corrected chi connectivity index (χ1v) is 5.24. The summed E-state index contributed by atoms with van der Waals surface area (Å²) in [4.78, 5) is 11.5. The predicted molar refractivity (Wildman–Crippen MR) is 64.5 cm³/mol. The zero-order valence-electron chi connectivity index (χ0n) is 9.92. The fourth-order valence-electron chi connectivity index (χ4n) is 1.17. The van der Waals surface area contributed by atoms with Gasteiger partial charge in [-0.15, -0.1) is 0 Å². The molecule has 1 aromatic carbocycles. The Morgan fingerprint density at radius 1 is 1.39 bits per heavy atom. The van der Waals surface area contributed by atoms with Crippen LogP contribution in [0.2, 0.25) is 0 Å². The number of nitriles is 1. The van der Waals surface area contributed by atoms with Crippen molar-refractivity contribution in [1.82, 2.24) is 0 Å². The lowest BCUT2D eigenvalue weighted by atomic mass is 10.1. The van der Waals surface area contributed by atoms with Gasteiger partial charge in [0.25, 0.3) is 0 Å². The Kier molecular flexibility index (Phi) is 5.42. The van der Waals surface area contributed by atoms with E-state index in [-0.39, 0.29) is 24.5 Å². The number of hydrogen-bond acceptors (Lipinski definition) is 5. The van der Waals surface area contributed by atoms with Crippen molar-refractivity contribution in [2.45, 2.75) is 0 Å². The van der Waals surface area contributed by atoms with E-state index in [0.29, 0.717) is 5.56 Å². The summed E-state index contributed by atoms with van der Waals surface area (Å²) in [5.41, 5.74) is 0.532. The number of benzene rings is 1. The number of phenols is 1. The number of nitrogens with zero attached hydrogens (tertiary/aromatic N) is 1. The van der Waals surface area contributed by atoms with E-state index in [9.17, 15) is 4.79 Å². The predicted octanol–water partition coefficient (Wildman–Crippen LogP) is 1.49. The lowest BCUT2D eigenvalue weighted by Crippen LogP contribution is -2.11. The van der Waals surface area contributed by atoms with Gasteiger partial charge in [0.15, 0.2) is 0 Å². The maximum Gasteiger partial charge on any atom is 0.348 e. The topological polar surface area (TPSA) is 79.5 Å². The van der Waals surface area contributed by atoms with E-state index in [1.165, 1.54) is 25.3 Å². The molecular formula is C13H13NO4. The Morgan fingerprint density at radius 3 is 2.61 bits per heavy atom. The van der Waals surface area contributed by atoms with E-state index in [2.05, 4.69) is 0 Å². The van der Waals surface area contributed by atoms with Crippen molar-refractivity contribution in [3.63, 3.8) is 0 Å². The summed E-state index contributed by atoms with van der Waals surface area (Å²) in [5, 5.41) is 18.0. The number of methoxy groups -OCH3 is 1. The van der Waals surface area contributed by atoms with Crippen LogP contribution in [0.3, 0.4) is 0 Å². The van der Waals surface area contributed by atoms with Crippen LogP contribution in [0.5, 0.6) is 5.75 Å². The van der Waals surface area contributed by atoms with Crippen molar-refractivity contribution < 1.29 is 19.4 Å². The third-order valence-corrected chi connectivity index (χ3v) is 2.07. The Balaban J connectivity index is 2.74. The highest BCUT2D eigenvalue weighted by Crippen LogP contribution is 2.13. The molecule has 0 atom stereocenters. The zero-order valence-corrected chi connectivity index (χ0v) is 9.92. The summed E-state index contributed by atoms with van der Waals surface area (Å²) in [6.45, 7) is 0.383. The molecule has 0 aromatic heterocycles. The van der Waals surface area contributed by atoms with Crippen LogP contribution in [-0.4, -0.2) is 31.4 Å². The van der Waals surface area contributed by atoms with Crippen molar-refractivity contribution in [2.24, 2.45) is 0 Å². The monoisotopic (exact) mass is 247 g/mol. The number of hydrogen-bond donors (Lipinski definition) is 1. The fourth-order valence-corrected chi connectivity index (χ4v) is 1.17. The van der Waals surface area contributed by atoms with E-state index in [1.807, 2.05) is 0 Å². The SMILES string of the molecule is COCCOC(=O)/C(C#N)=C/c1ccc(O)cc1. The summed E-state index contributed by atoms with van der Waals surface area (Å²) in [5.74, 6) is -0.573. The molecule has 0 bridgehead atoms. The molecule has 0 aliphatic heterocycles. The fraction of sp³-hybridized carbons (Fsp3) is 0.231. The minimum atomic E-state index is -0.692. The number of aromatic hydroxyl groups is 1. The van der Waals surface area contributed by atoms with Crippen molar-refractivity contribution >= 4 is 12.0 Å². The summed E-state index contributed by atoms with van der Waals surface area (Å²) >= 11 is 0. The Labute approximate surface area is 105 Å². The third-order valence-electron chi connectivity index (χ3n) is 2.07. The molecule has 0 amide bonds.